The van der Waals surface area contributed by atoms with Crippen molar-refractivity contribution in [1.82, 2.24) is 5.32 Å². The van der Waals surface area contributed by atoms with Gasteiger partial charge in [0.15, 0.2) is 11.5 Å². The van der Waals surface area contributed by atoms with Gasteiger partial charge >= 0.3 is 0 Å². The van der Waals surface area contributed by atoms with Crippen molar-refractivity contribution in [2.45, 2.75) is 40.2 Å². The summed E-state index contributed by atoms with van der Waals surface area (Å²) in [6.07, 6.45) is 2.42. The minimum Gasteiger partial charge on any atom is -0.490 e. The average Bonchev–Trinajstić information content (AvgIpc) is 2.39. The number of hydrogen-bond acceptors (Lipinski definition) is 3. The van der Waals surface area contributed by atoms with Gasteiger partial charge in [0, 0.05) is 6.54 Å². The summed E-state index contributed by atoms with van der Waals surface area (Å²) < 4.78 is 12.2. The summed E-state index contributed by atoms with van der Waals surface area (Å²) >= 11 is 3.56. The quantitative estimate of drug-likeness (QED) is 0.650. The molecule has 0 bridgehead atoms. The summed E-state index contributed by atoms with van der Waals surface area (Å²) in [6, 6.07) is 4.14. The van der Waals surface area contributed by atoms with Crippen molar-refractivity contribution in [3.63, 3.8) is 0 Å². The first-order chi connectivity index (χ1) is 9.22. The topological polar surface area (TPSA) is 30.5 Å². The highest BCUT2D eigenvalue weighted by Gasteiger charge is 2.11. The lowest BCUT2D eigenvalue weighted by molar-refractivity contribution is 0.286. The van der Waals surface area contributed by atoms with E-state index >= 15 is 0 Å². The van der Waals surface area contributed by atoms with E-state index in [0.29, 0.717) is 13.2 Å². The number of halogens is 2. The lowest BCUT2D eigenvalue weighted by Crippen LogP contribution is -2.14. The van der Waals surface area contributed by atoms with Crippen molar-refractivity contribution in [1.29, 1.82) is 0 Å². The zero-order valence-electron chi connectivity index (χ0n) is 12.5. The third kappa shape index (κ3) is 6.33. The van der Waals surface area contributed by atoms with Crippen LogP contribution in [0.5, 0.6) is 11.5 Å². The summed E-state index contributed by atoms with van der Waals surface area (Å²) in [6.45, 7) is 9.32. The SMILES string of the molecule is CCCCNCc1cc(Br)c(OCC)c(OCC)c1.Cl. The van der Waals surface area contributed by atoms with E-state index in [1.54, 1.807) is 0 Å². The molecule has 0 atom stereocenters. The van der Waals surface area contributed by atoms with Crippen LogP contribution in [0.2, 0.25) is 0 Å². The van der Waals surface area contributed by atoms with Crippen LogP contribution < -0.4 is 14.8 Å². The van der Waals surface area contributed by atoms with Crippen molar-refractivity contribution in [3.8, 4) is 11.5 Å². The van der Waals surface area contributed by atoms with Crippen LogP contribution >= 0.6 is 28.3 Å². The third-order valence-electron chi connectivity index (χ3n) is 2.69. The van der Waals surface area contributed by atoms with Crippen LogP contribution in [0.25, 0.3) is 0 Å². The van der Waals surface area contributed by atoms with Gasteiger partial charge in [-0.25, -0.2) is 0 Å². The molecule has 0 radical (unpaired) electrons. The Kier molecular flexibility index (Phi) is 11.0. The molecule has 0 aromatic heterocycles. The summed E-state index contributed by atoms with van der Waals surface area (Å²) in [4.78, 5) is 0. The molecule has 0 spiro atoms. The number of unbranched alkanes of at least 4 members (excludes halogenated alkanes) is 1. The van der Waals surface area contributed by atoms with Gasteiger partial charge in [0.05, 0.1) is 17.7 Å². The Morgan fingerprint density at radius 2 is 1.80 bits per heavy atom. The summed E-state index contributed by atoms with van der Waals surface area (Å²) in [5, 5.41) is 3.43. The highest BCUT2D eigenvalue weighted by atomic mass is 79.9. The molecule has 0 fully saturated rings. The average molecular weight is 367 g/mol. The van der Waals surface area contributed by atoms with Crippen molar-refractivity contribution in [3.05, 3.63) is 22.2 Å². The molecule has 1 rings (SSSR count). The van der Waals surface area contributed by atoms with Gasteiger partial charge in [0.25, 0.3) is 0 Å². The van der Waals surface area contributed by atoms with Gasteiger partial charge in [-0.3, -0.25) is 0 Å². The summed E-state index contributed by atoms with van der Waals surface area (Å²) in [5.74, 6) is 1.60. The van der Waals surface area contributed by atoms with E-state index in [1.165, 1.54) is 18.4 Å². The maximum absolute atomic E-state index is 5.66. The normalized spacial score (nSPS) is 10.0. The number of benzene rings is 1. The number of hydrogen-bond donors (Lipinski definition) is 1. The molecule has 1 N–H and O–H groups in total. The lowest BCUT2D eigenvalue weighted by Gasteiger charge is -2.15. The Balaban J connectivity index is 0.00000361. The Hall–Kier alpha value is -0.450. The molecular formula is C15H25BrClNO2. The van der Waals surface area contributed by atoms with Gasteiger partial charge < -0.3 is 14.8 Å². The molecule has 116 valence electrons. The van der Waals surface area contributed by atoms with Gasteiger partial charge in [-0.05, 0) is 60.4 Å². The van der Waals surface area contributed by atoms with E-state index in [2.05, 4.69) is 40.3 Å². The molecule has 0 saturated carbocycles. The molecule has 1 aromatic rings. The molecule has 20 heavy (non-hydrogen) atoms. The maximum Gasteiger partial charge on any atom is 0.175 e. The van der Waals surface area contributed by atoms with Crippen LogP contribution in [-0.2, 0) is 6.54 Å². The minimum absolute atomic E-state index is 0. The second kappa shape index (κ2) is 11.2. The molecule has 0 aliphatic heterocycles. The van der Waals surface area contributed by atoms with Gasteiger partial charge in [0.2, 0.25) is 0 Å². The molecule has 0 saturated heterocycles. The van der Waals surface area contributed by atoms with Crippen molar-refractivity contribution < 1.29 is 9.47 Å². The first-order valence-electron chi connectivity index (χ1n) is 7.01. The van der Waals surface area contributed by atoms with E-state index in [9.17, 15) is 0 Å². The van der Waals surface area contributed by atoms with E-state index in [1.807, 2.05) is 13.8 Å². The Bertz CT molecular complexity index is 388. The van der Waals surface area contributed by atoms with Gasteiger partial charge in [-0.2, -0.15) is 0 Å². The van der Waals surface area contributed by atoms with Crippen LogP contribution in [0.4, 0.5) is 0 Å². The van der Waals surface area contributed by atoms with Crippen molar-refractivity contribution in [2.75, 3.05) is 19.8 Å². The Morgan fingerprint density at radius 1 is 1.10 bits per heavy atom. The lowest BCUT2D eigenvalue weighted by atomic mass is 10.2. The molecule has 0 aliphatic carbocycles. The van der Waals surface area contributed by atoms with E-state index in [4.69, 9.17) is 9.47 Å². The minimum atomic E-state index is 0. The zero-order chi connectivity index (χ0) is 14.1. The predicted molar refractivity (Wildman–Crippen MR) is 90.3 cm³/mol. The fraction of sp³-hybridized carbons (Fsp3) is 0.600. The van der Waals surface area contributed by atoms with E-state index < -0.39 is 0 Å². The first-order valence-corrected chi connectivity index (χ1v) is 7.80. The Morgan fingerprint density at radius 3 is 2.40 bits per heavy atom. The van der Waals surface area contributed by atoms with Gasteiger partial charge in [-0.1, -0.05) is 13.3 Å². The molecular weight excluding hydrogens is 342 g/mol. The molecule has 1 aromatic carbocycles. The number of rotatable bonds is 9. The second-order valence-corrected chi connectivity index (χ2v) is 5.16. The molecule has 0 amide bonds. The van der Waals surface area contributed by atoms with Crippen LogP contribution in [0.1, 0.15) is 39.2 Å². The van der Waals surface area contributed by atoms with E-state index in [-0.39, 0.29) is 12.4 Å². The first kappa shape index (κ1) is 19.6. The zero-order valence-corrected chi connectivity index (χ0v) is 14.9. The standard InChI is InChI=1S/C15H24BrNO2.ClH/c1-4-7-8-17-11-12-9-13(16)15(19-6-3)14(10-12)18-5-2;/h9-10,17H,4-8,11H2,1-3H3;1H. The monoisotopic (exact) mass is 365 g/mol. The van der Waals surface area contributed by atoms with E-state index in [0.717, 1.165) is 29.1 Å². The highest BCUT2D eigenvalue weighted by Crippen LogP contribution is 2.36. The van der Waals surface area contributed by atoms with Crippen LogP contribution in [0.15, 0.2) is 16.6 Å². The predicted octanol–water partition coefficient (Wildman–Crippen LogP) is 4.56. The summed E-state index contributed by atoms with van der Waals surface area (Å²) in [7, 11) is 0. The van der Waals surface area contributed by atoms with Crippen LogP contribution in [-0.4, -0.2) is 19.8 Å². The fourth-order valence-electron chi connectivity index (χ4n) is 1.81. The highest BCUT2D eigenvalue weighted by molar-refractivity contribution is 9.10. The number of ether oxygens (including phenoxy) is 2. The third-order valence-corrected chi connectivity index (χ3v) is 3.28. The molecule has 0 unspecified atom stereocenters. The molecule has 5 heteroatoms. The van der Waals surface area contributed by atoms with Crippen LogP contribution in [0, 0.1) is 0 Å². The van der Waals surface area contributed by atoms with Crippen LogP contribution in [0.3, 0.4) is 0 Å². The van der Waals surface area contributed by atoms with Gasteiger partial charge in [0.1, 0.15) is 0 Å². The van der Waals surface area contributed by atoms with Crippen molar-refractivity contribution >= 4 is 28.3 Å². The largest absolute Gasteiger partial charge is 0.490 e. The second-order valence-electron chi connectivity index (χ2n) is 4.30. The molecule has 0 heterocycles. The number of nitrogens with one attached hydrogen (secondary N) is 1. The smallest absolute Gasteiger partial charge is 0.175 e. The van der Waals surface area contributed by atoms with Crippen molar-refractivity contribution in [2.24, 2.45) is 0 Å². The Labute approximate surface area is 137 Å². The molecule has 3 nitrogen and oxygen atoms in total. The fourth-order valence-corrected chi connectivity index (χ4v) is 2.41. The molecule has 0 aliphatic rings. The summed E-state index contributed by atoms with van der Waals surface area (Å²) in [5.41, 5.74) is 1.20. The maximum atomic E-state index is 5.66. The van der Waals surface area contributed by atoms with Gasteiger partial charge in [-0.15, -0.1) is 12.4 Å².